The quantitative estimate of drug-likeness (QED) is 0.820. The van der Waals surface area contributed by atoms with Gasteiger partial charge in [0.15, 0.2) is 5.78 Å². The highest BCUT2D eigenvalue weighted by molar-refractivity contribution is 7.16. The third-order valence-corrected chi connectivity index (χ3v) is 5.24. The molecule has 0 aromatic carbocycles. The standard InChI is InChI=1S/C14H19NOS/c15-14-12(9-5-2-1-3-6-9)13-10(16)7-4-8-11(13)17-14/h9H,1-8,15H2. The van der Waals surface area contributed by atoms with Gasteiger partial charge < -0.3 is 5.73 Å². The molecule has 3 heteroatoms. The Kier molecular flexibility index (Phi) is 2.95. The summed E-state index contributed by atoms with van der Waals surface area (Å²) in [6.45, 7) is 0. The van der Waals surface area contributed by atoms with Gasteiger partial charge in [-0.15, -0.1) is 11.3 Å². The first-order valence-electron chi connectivity index (χ1n) is 6.71. The number of thiophene rings is 1. The zero-order valence-corrected chi connectivity index (χ0v) is 10.9. The first-order valence-corrected chi connectivity index (χ1v) is 7.53. The molecule has 0 saturated heterocycles. The van der Waals surface area contributed by atoms with Gasteiger partial charge in [0, 0.05) is 22.4 Å². The number of ketones is 1. The number of Topliss-reactive ketones (excluding diaryl/α,β-unsaturated/α-hetero) is 1. The number of carbonyl (C=O) groups excluding carboxylic acids is 1. The fourth-order valence-electron chi connectivity index (χ4n) is 3.32. The normalized spacial score (nSPS) is 21.5. The molecule has 0 spiro atoms. The summed E-state index contributed by atoms with van der Waals surface area (Å²) in [5, 5.41) is 0.928. The molecule has 0 atom stereocenters. The van der Waals surface area contributed by atoms with Gasteiger partial charge in [0.05, 0.1) is 5.00 Å². The van der Waals surface area contributed by atoms with Crippen molar-refractivity contribution >= 4 is 22.1 Å². The van der Waals surface area contributed by atoms with Crippen LogP contribution in [0.4, 0.5) is 5.00 Å². The van der Waals surface area contributed by atoms with E-state index in [-0.39, 0.29) is 0 Å². The van der Waals surface area contributed by atoms with Crippen LogP contribution in [0, 0.1) is 0 Å². The highest BCUT2D eigenvalue weighted by Crippen LogP contribution is 2.44. The molecule has 1 fully saturated rings. The van der Waals surface area contributed by atoms with Crippen LogP contribution in [0.3, 0.4) is 0 Å². The number of hydrogen-bond donors (Lipinski definition) is 1. The van der Waals surface area contributed by atoms with E-state index in [4.69, 9.17) is 5.73 Å². The van der Waals surface area contributed by atoms with E-state index in [0.717, 1.165) is 29.8 Å². The number of nitrogens with two attached hydrogens (primary N) is 1. The summed E-state index contributed by atoms with van der Waals surface area (Å²) in [5.74, 6) is 0.908. The average molecular weight is 249 g/mol. The third kappa shape index (κ3) is 1.90. The summed E-state index contributed by atoms with van der Waals surface area (Å²) in [6, 6.07) is 0. The zero-order valence-electron chi connectivity index (χ0n) is 10.1. The van der Waals surface area contributed by atoms with E-state index in [1.54, 1.807) is 11.3 Å². The van der Waals surface area contributed by atoms with Crippen LogP contribution in [0.1, 0.15) is 71.7 Å². The molecule has 2 aliphatic rings. The maximum atomic E-state index is 12.1. The van der Waals surface area contributed by atoms with Gasteiger partial charge in [-0.25, -0.2) is 0 Å². The van der Waals surface area contributed by atoms with Crippen LogP contribution in [-0.4, -0.2) is 5.78 Å². The fourth-order valence-corrected chi connectivity index (χ4v) is 4.54. The van der Waals surface area contributed by atoms with Crippen LogP contribution in [0.25, 0.3) is 0 Å². The molecule has 92 valence electrons. The van der Waals surface area contributed by atoms with Crippen LogP contribution >= 0.6 is 11.3 Å². The first kappa shape index (κ1) is 11.3. The third-order valence-electron chi connectivity index (χ3n) is 4.15. The Labute approximate surface area is 106 Å². The van der Waals surface area contributed by atoms with Gasteiger partial charge in [0.25, 0.3) is 0 Å². The van der Waals surface area contributed by atoms with Crippen molar-refractivity contribution in [2.45, 2.75) is 57.3 Å². The van der Waals surface area contributed by atoms with Crippen molar-refractivity contribution < 1.29 is 4.79 Å². The second kappa shape index (κ2) is 4.45. The number of fused-ring (bicyclic) bond motifs is 1. The SMILES string of the molecule is Nc1sc2c(c1C1CCCCC1)C(=O)CCC2. The van der Waals surface area contributed by atoms with E-state index in [9.17, 15) is 4.79 Å². The molecule has 17 heavy (non-hydrogen) atoms. The van der Waals surface area contributed by atoms with Crippen LogP contribution in [0.15, 0.2) is 0 Å². The Morgan fingerprint density at radius 1 is 1.06 bits per heavy atom. The molecule has 0 radical (unpaired) electrons. The number of carbonyl (C=O) groups is 1. The van der Waals surface area contributed by atoms with Gasteiger partial charge in [0.2, 0.25) is 0 Å². The Morgan fingerprint density at radius 2 is 1.82 bits per heavy atom. The van der Waals surface area contributed by atoms with Gasteiger partial charge in [-0.3, -0.25) is 4.79 Å². The van der Waals surface area contributed by atoms with Crippen LogP contribution in [0.2, 0.25) is 0 Å². The maximum Gasteiger partial charge on any atom is 0.164 e. The van der Waals surface area contributed by atoms with E-state index in [1.165, 1.54) is 42.5 Å². The van der Waals surface area contributed by atoms with Gasteiger partial charge in [-0.05, 0) is 31.6 Å². The molecule has 1 aromatic heterocycles. The monoisotopic (exact) mass is 249 g/mol. The molecule has 0 bridgehead atoms. The summed E-state index contributed by atoms with van der Waals surface area (Å²) >= 11 is 1.67. The molecule has 2 N–H and O–H groups in total. The lowest BCUT2D eigenvalue weighted by molar-refractivity contribution is 0.0972. The summed E-state index contributed by atoms with van der Waals surface area (Å²) < 4.78 is 0. The molecule has 1 saturated carbocycles. The highest BCUT2D eigenvalue weighted by Gasteiger charge is 2.30. The summed E-state index contributed by atoms with van der Waals surface area (Å²) in [4.78, 5) is 13.4. The number of rotatable bonds is 1. The van der Waals surface area contributed by atoms with Crippen LogP contribution < -0.4 is 5.73 Å². The van der Waals surface area contributed by atoms with E-state index in [0.29, 0.717) is 11.7 Å². The smallest absolute Gasteiger partial charge is 0.164 e. The van der Waals surface area contributed by atoms with Crippen molar-refractivity contribution in [2.24, 2.45) is 0 Å². The average Bonchev–Trinajstić information content (AvgIpc) is 2.68. The van der Waals surface area contributed by atoms with E-state index >= 15 is 0 Å². The second-order valence-electron chi connectivity index (χ2n) is 5.29. The Hall–Kier alpha value is -0.830. The summed E-state index contributed by atoms with van der Waals surface area (Å²) in [5.41, 5.74) is 8.44. The molecule has 0 unspecified atom stereocenters. The molecule has 0 amide bonds. The molecular weight excluding hydrogens is 230 g/mol. The minimum atomic E-state index is 0.347. The van der Waals surface area contributed by atoms with Gasteiger partial charge >= 0.3 is 0 Å². The molecule has 0 aliphatic heterocycles. The molecule has 2 nitrogen and oxygen atoms in total. The maximum absolute atomic E-state index is 12.1. The van der Waals surface area contributed by atoms with Crippen molar-refractivity contribution in [2.75, 3.05) is 5.73 Å². The lowest BCUT2D eigenvalue weighted by Gasteiger charge is -2.23. The Morgan fingerprint density at radius 3 is 2.59 bits per heavy atom. The minimum Gasteiger partial charge on any atom is -0.390 e. The number of anilines is 1. The van der Waals surface area contributed by atoms with Crippen LogP contribution in [0.5, 0.6) is 0 Å². The van der Waals surface area contributed by atoms with Crippen molar-refractivity contribution in [1.29, 1.82) is 0 Å². The molecule has 3 rings (SSSR count). The second-order valence-corrected chi connectivity index (χ2v) is 6.43. The van der Waals surface area contributed by atoms with Crippen molar-refractivity contribution in [3.8, 4) is 0 Å². The van der Waals surface area contributed by atoms with Gasteiger partial charge in [-0.1, -0.05) is 19.3 Å². The Bertz CT molecular complexity index is 443. The van der Waals surface area contributed by atoms with E-state index in [1.807, 2.05) is 0 Å². The molecular formula is C14H19NOS. The molecule has 1 aromatic rings. The molecule has 1 heterocycles. The Balaban J connectivity index is 2.03. The van der Waals surface area contributed by atoms with E-state index in [2.05, 4.69) is 0 Å². The first-order chi connectivity index (χ1) is 8.27. The number of hydrogen-bond acceptors (Lipinski definition) is 3. The fraction of sp³-hybridized carbons (Fsp3) is 0.643. The zero-order chi connectivity index (χ0) is 11.8. The number of aryl methyl sites for hydroxylation is 1. The lowest BCUT2D eigenvalue weighted by atomic mass is 9.80. The highest BCUT2D eigenvalue weighted by atomic mass is 32.1. The minimum absolute atomic E-state index is 0.347. The summed E-state index contributed by atoms with van der Waals surface area (Å²) in [7, 11) is 0. The van der Waals surface area contributed by atoms with E-state index < -0.39 is 0 Å². The molecule has 2 aliphatic carbocycles. The largest absolute Gasteiger partial charge is 0.390 e. The van der Waals surface area contributed by atoms with Gasteiger partial charge in [-0.2, -0.15) is 0 Å². The number of nitrogen functional groups attached to an aromatic ring is 1. The summed E-state index contributed by atoms with van der Waals surface area (Å²) in [6.07, 6.45) is 9.17. The van der Waals surface area contributed by atoms with Crippen molar-refractivity contribution in [1.82, 2.24) is 0 Å². The topological polar surface area (TPSA) is 43.1 Å². The predicted octanol–water partition coefficient (Wildman–Crippen LogP) is 3.90. The lowest BCUT2D eigenvalue weighted by Crippen LogP contribution is -2.14. The predicted molar refractivity (Wildman–Crippen MR) is 71.8 cm³/mol. The van der Waals surface area contributed by atoms with Gasteiger partial charge in [0.1, 0.15) is 0 Å². The van der Waals surface area contributed by atoms with Crippen molar-refractivity contribution in [3.63, 3.8) is 0 Å². The van der Waals surface area contributed by atoms with Crippen LogP contribution in [-0.2, 0) is 6.42 Å². The van der Waals surface area contributed by atoms with Crippen molar-refractivity contribution in [3.05, 3.63) is 16.0 Å².